The van der Waals surface area contributed by atoms with Gasteiger partial charge in [-0.15, -0.1) is 0 Å². The van der Waals surface area contributed by atoms with Gasteiger partial charge in [0.2, 0.25) is 0 Å². The van der Waals surface area contributed by atoms with E-state index in [1.54, 1.807) is 12.3 Å². The minimum absolute atomic E-state index is 0.863. The Morgan fingerprint density at radius 1 is 1.40 bits per heavy atom. The molecule has 0 atom stereocenters. The Hall–Kier alpha value is -0.920. The molecule has 0 fully saturated rings. The number of hydrogen-bond acceptors (Lipinski definition) is 2. The second kappa shape index (κ2) is 11.0. The Bertz CT molecular complexity index is 123. The third-order valence-corrected chi connectivity index (χ3v) is 0.657. The van der Waals surface area contributed by atoms with Crippen LogP contribution in [-0.2, 0) is 0 Å². The molecule has 0 rings (SSSR count). The van der Waals surface area contributed by atoms with E-state index in [9.17, 15) is 0 Å². The minimum Gasteiger partial charge on any atom is -0.309 e. The zero-order valence-electron chi connectivity index (χ0n) is 7.18. The SMILES string of the molecule is CC.CC=N/C(C)=C\C=N. The lowest BCUT2D eigenvalue weighted by Gasteiger charge is -1.82. The first-order chi connectivity index (χ1) is 4.81. The third kappa shape index (κ3) is 10.1. The highest BCUT2D eigenvalue weighted by Crippen LogP contribution is 1.88. The van der Waals surface area contributed by atoms with Crippen molar-refractivity contribution in [3.63, 3.8) is 0 Å². The first kappa shape index (κ1) is 11.8. The van der Waals surface area contributed by atoms with E-state index in [1.165, 1.54) is 6.21 Å². The van der Waals surface area contributed by atoms with Crippen LogP contribution in [0.15, 0.2) is 16.8 Å². The maximum atomic E-state index is 6.64. The van der Waals surface area contributed by atoms with Crippen molar-refractivity contribution in [3.8, 4) is 0 Å². The molecule has 0 aromatic rings. The van der Waals surface area contributed by atoms with Crippen molar-refractivity contribution < 1.29 is 0 Å². The minimum atomic E-state index is 0.863. The molecular weight excluding hydrogens is 124 g/mol. The fourth-order valence-corrected chi connectivity index (χ4v) is 0.367. The van der Waals surface area contributed by atoms with Crippen molar-refractivity contribution >= 4 is 12.4 Å². The van der Waals surface area contributed by atoms with Gasteiger partial charge in [0.05, 0.1) is 0 Å². The molecule has 0 bridgehead atoms. The van der Waals surface area contributed by atoms with Gasteiger partial charge in [-0.05, 0) is 19.9 Å². The maximum Gasteiger partial charge on any atom is 0.0383 e. The monoisotopic (exact) mass is 140 g/mol. The Kier molecular flexibility index (Phi) is 13.0. The molecule has 0 aliphatic rings. The topological polar surface area (TPSA) is 36.2 Å². The molecule has 0 aliphatic carbocycles. The number of hydrogen-bond donors (Lipinski definition) is 1. The fraction of sp³-hybridized carbons (Fsp3) is 0.500. The number of rotatable bonds is 2. The number of allylic oxidation sites excluding steroid dienone is 2. The second-order valence-electron chi connectivity index (χ2n) is 1.36. The normalized spacial score (nSPS) is 10.6. The van der Waals surface area contributed by atoms with Crippen LogP contribution in [0.2, 0.25) is 0 Å². The molecule has 0 aromatic carbocycles. The molecule has 58 valence electrons. The molecule has 0 amide bonds. The van der Waals surface area contributed by atoms with Gasteiger partial charge >= 0.3 is 0 Å². The van der Waals surface area contributed by atoms with E-state index in [4.69, 9.17) is 5.41 Å². The summed E-state index contributed by atoms with van der Waals surface area (Å²) >= 11 is 0. The molecule has 0 unspecified atom stereocenters. The van der Waals surface area contributed by atoms with E-state index < -0.39 is 0 Å². The molecule has 10 heavy (non-hydrogen) atoms. The van der Waals surface area contributed by atoms with E-state index >= 15 is 0 Å². The molecule has 0 aliphatic heterocycles. The Morgan fingerprint density at radius 3 is 2.20 bits per heavy atom. The molecule has 2 nitrogen and oxygen atoms in total. The van der Waals surface area contributed by atoms with Gasteiger partial charge in [-0.2, -0.15) is 0 Å². The number of nitrogens with one attached hydrogen (secondary N) is 1. The van der Waals surface area contributed by atoms with Crippen molar-refractivity contribution in [2.45, 2.75) is 27.7 Å². The van der Waals surface area contributed by atoms with Crippen LogP contribution in [-0.4, -0.2) is 12.4 Å². The van der Waals surface area contributed by atoms with Gasteiger partial charge in [0.25, 0.3) is 0 Å². The van der Waals surface area contributed by atoms with Gasteiger partial charge < -0.3 is 5.41 Å². The van der Waals surface area contributed by atoms with Crippen LogP contribution in [0.4, 0.5) is 0 Å². The quantitative estimate of drug-likeness (QED) is 0.572. The molecule has 1 N–H and O–H groups in total. The Morgan fingerprint density at radius 2 is 1.90 bits per heavy atom. The molecule has 0 aromatic heterocycles. The predicted molar refractivity (Wildman–Crippen MR) is 48.1 cm³/mol. The van der Waals surface area contributed by atoms with E-state index in [0.29, 0.717) is 0 Å². The molecule has 0 radical (unpaired) electrons. The summed E-state index contributed by atoms with van der Waals surface area (Å²) in [6, 6.07) is 0. The summed E-state index contributed by atoms with van der Waals surface area (Å²) in [5.74, 6) is 0. The average Bonchev–Trinajstić information content (AvgIpc) is 1.93. The van der Waals surface area contributed by atoms with Gasteiger partial charge in [0, 0.05) is 18.1 Å². The Labute approximate surface area is 63.2 Å². The largest absolute Gasteiger partial charge is 0.309 e. The van der Waals surface area contributed by atoms with Crippen molar-refractivity contribution in [1.29, 1.82) is 5.41 Å². The third-order valence-electron chi connectivity index (χ3n) is 0.657. The first-order valence-corrected chi connectivity index (χ1v) is 3.47. The summed E-state index contributed by atoms with van der Waals surface area (Å²) in [6.07, 6.45) is 4.57. The average molecular weight is 140 g/mol. The van der Waals surface area contributed by atoms with Gasteiger partial charge in [0.15, 0.2) is 0 Å². The van der Waals surface area contributed by atoms with Gasteiger partial charge in [-0.25, -0.2) is 0 Å². The zero-order valence-corrected chi connectivity index (χ0v) is 7.18. The molecule has 0 saturated carbocycles. The van der Waals surface area contributed by atoms with Crippen LogP contribution in [0.5, 0.6) is 0 Å². The highest BCUT2D eigenvalue weighted by molar-refractivity contribution is 5.69. The molecular formula is C8H16N2. The first-order valence-electron chi connectivity index (χ1n) is 3.47. The lowest BCUT2D eigenvalue weighted by molar-refractivity contribution is 1.32. The summed E-state index contributed by atoms with van der Waals surface area (Å²) in [4.78, 5) is 3.90. The summed E-state index contributed by atoms with van der Waals surface area (Å²) in [6.45, 7) is 7.70. The summed E-state index contributed by atoms with van der Waals surface area (Å²) in [5.41, 5.74) is 0.863. The van der Waals surface area contributed by atoms with Crippen LogP contribution in [0, 0.1) is 5.41 Å². The molecule has 2 heteroatoms. The lowest BCUT2D eigenvalue weighted by Crippen LogP contribution is -1.69. The van der Waals surface area contributed by atoms with E-state index in [-0.39, 0.29) is 0 Å². The fourth-order valence-electron chi connectivity index (χ4n) is 0.367. The molecule has 0 spiro atoms. The maximum absolute atomic E-state index is 6.64. The predicted octanol–water partition coefficient (Wildman–Crippen LogP) is 2.66. The van der Waals surface area contributed by atoms with Crippen LogP contribution in [0.25, 0.3) is 0 Å². The highest BCUT2D eigenvalue weighted by Gasteiger charge is 1.73. The van der Waals surface area contributed by atoms with Crippen LogP contribution in [0.1, 0.15) is 27.7 Å². The zero-order chi connectivity index (χ0) is 8.41. The van der Waals surface area contributed by atoms with Crippen molar-refractivity contribution in [2.75, 3.05) is 0 Å². The van der Waals surface area contributed by atoms with E-state index in [0.717, 1.165) is 5.70 Å². The van der Waals surface area contributed by atoms with Crippen molar-refractivity contribution in [1.82, 2.24) is 0 Å². The molecule has 0 heterocycles. The highest BCUT2D eigenvalue weighted by atomic mass is 14.7. The second-order valence-corrected chi connectivity index (χ2v) is 1.36. The lowest BCUT2D eigenvalue weighted by atomic mass is 10.5. The van der Waals surface area contributed by atoms with E-state index in [1.807, 2.05) is 27.7 Å². The smallest absolute Gasteiger partial charge is 0.0383 e. The molecule has 0 saturated heterocycles. The van der Waals surface area contributed by atoms with Crippen molar-refractivity contribution in [3.05, 3.63) is 11.8 Å². The standard InChI is InChI=1S/C6H10N2.C2H6/c1-3-8-6(2)4-5-7;1-2/h3-5,7H,1-2H3;1-2H3/b6-4-,7-5?,8-3?;. The number of nitrogens with zero attached hydrogens (tertiary/aromatic N) is 1. The number of aliphatic imine (C=N–C) groups is 1. The van der Waals surface area contributed by atoms with Crippen molar-refractivity contribution in [2.24, 2.45) is 4.99 Å². The summed E-state index contributed by atoms with van der Waals surface area (Å²) in [7, 11) is 0. The van der Waals surface area contributed by atoms with Crippen LogP contribution >= 0.6 is 0 Å². The van der Waals surface area contributed by atoms with Gasteiger partial charge in [-0.3, -0.25) is 4.99 Å². The van der Waals surface area contributed by atoms with Gasteiger partial charge in [-0.1, -0.05) is 13.8 Å². The Balaban J connectivity index is 0. The van der Waals surface area contributed by atoms with E-state index in [2.05, 4.69) is 4.99 Å². The van der Waals surface area contributed by atoms with Crippen LogP contribution in [0.3, 0.4) is 0 Å². The van der Waals surface area contributed by atoms with Crippen LogP contribution < -0.4 is 0 Å². The van der Waals surface area contributed by atoms with Gasteiger partial charge in [0.1, 0.15) is 0 Å². The summed E-state index contributed by atoms with van der Waals surface area (Å²) in [5, 5.41) is 6.64. The summed E-state index contributed by atoms with van der Waals surface area (Å²) < 4.78 is 0.